The number of carbonyl (C=O) groups is 1. The van der Waals surface area contributed by atoms with Crippen LogP contribution in [0.3, 0.4) is 0 Å². The highest BCUT2D eigenvalue weighted by atomic mass is 19.4. The molecule has 0 aliphatic rings. The van der Waals surface area contributed by atoms with Gasteiger partial charge >= 0.3 is 12.1 Å². The van der Waals surface area contributed by atoms with Gasteiger partial charge in [-0.25, -0.2) is 19.4 Å². The van der Waals surface area contributed by atoms with E-state index in [1.54, 1.807) is 0 Å². The van der Waals surface area contributed by atoms with Gasteiger partial charge in [-0.1, -0.05) is 0 Å². The van der Waals surface area contributed by atoms with Crippen LogP contribution in [0.15, 0.2) is 18.5 Å². The summed E-state index contributed by atoms with van der Waals surface area (Å²) in [5.41, 5.74) is -1.05. The predicted molar refractivity (Wildman–Crippen MR) is 55.9 cm³/mol. The fourth-order valence-corrected chi connectivity index (χ4v) is 1.36. The molecule has 19 heavy (non-hydrogen) atoms. The first kappa shape index (κ1) is 13.0. The van der Waals surface area contributed by atoms with Crippen LogP contribution in [-0.4, -0.2) is 30.8 Å². The molecule has 1 N–H and O–H groups in total. The Balaban J connectivity index is 2.40. The lowest BCUT2D eigenvalue weighted by Gasteiger charge is -2.04. The number of nitrogens with zero attached hydrogens (tertiary/aromatic N) is 4. The first-order chi connectivity index (χ1) is 8.79. The van der Waals surface area contributed by atoms with Gasteiger partial charge in [0.05, 0.1) is 11.3 Å². The van der Waals surface area contributed by atoms with E-state index in [-0.39, 0.29) is 17.2 Å². The van der Waals surface area contributed by atoms with Crippen molar-refractivity contribution < 1.29 is 23.1 Å². The van der Waals surface area contributed by atoms with Crippen LogP contribution in [0.25, 0.3) is 5.95 Å². The van der Waals surface area contributed by atoms with Crippen molar-refractivity contribution >= 4 is 5.97 Å². The number of rotatable bonds is 2. The molecule has 0 radical (unpaired) electrons. The summed E-state index contributed by atoms with van der Waals surface area (Å²) in [6.07, 6.45) is -2.48. The number of halogens is 3. The molecule has 0 aromatic carbocycles. The van der Waals surface area contributed by atoms with Gasteiger partial charge in [0.25, 0.3) is 5.95 Å². The molecule has 2 aromatic heterocycles. The molecule has 0 spiro atoms. The van der Waals surface area contributed by atoms with Crippen LogP contribution in [0.1, 0.15) is 21.7 Å². The van der Waals surface area contributed by atoms with E-state index in [1.807, 2.05) is 0 Å². The van der Waals surface area contributed by atoms with E-state index in [0.29, 0.717) is 0 Å². The SMILES string of the molecule is Cc1nc(-n2ccc(C(F)(F)F)n2)ncc1C(=O)O. The van der Waals surface area contributed by atoms with Crippen molar-refractivity contribution in [2.45, 2.75) is 13.1 Å². The Labute approximate surface area is 104 Å². The van der Waals surface area contributed by atoms with Crippen LogP contribution in [0, 0.1) is 6.92 Å². The molecule has 100 valence electrons. The normalized spacial score (nSPS) is 11.6. The minimum Gasteiger partial charge on any atom is -0.478 e. The van der Waals surface area contributed by atoms with Crippen molar-refractivity contribution in [3.63, 3.8) is 0 Å². The summed E-state index contributed by atoms with van der Waals surface area (Å²) in [4.78, 5) is 18.2. The topological polar surface area (TPSA) is 80.9 Å². The molecule has 6 nitrogen and oxygen atoms in total. The number of hydrogen-bond donors (Lipinski definition) is 1. The summed E-state index contributed by atoms with van der Waals surface area (Å²) < 4.78 is 38.0. The number of aromatic carboxylic acids is 1. The van der Waals surface area contributed by atoms with E-state index < -0.39 is 17.8 Å². The second-order valence-corrected chi connectivity index (χ2v) is 3.62. The van der Waals surface area contributed by atoms with Crippen molar-refractivity contribution in [3.8, 4) is 5.95 Å². The predicted octanol–water partition coefficient (Wildman–Crippen LogP) is 1.69. The zero-order chi connectivity index (χ0) is 14.2. The molecule has 9 heteroatoms. The molecule has 0 amide bonds. The number of hydrogen-bond acceptors (Lipinski definition) is 4. The average molecular weight is 272 g/mol. The maximum absolute atomic E-state index is 12.4. The van der Waals surface area contributed by atoms with E-state index in [0.717, 1.165) is 23.1 Å². The highest BCUT2D eigenvalue weighted by Gasteiger charge is 2.33. The van der Waals surface area contributed by atoms with Gasteiger partial charge in [0.1, 0.15) is 0 Å². The van der Waals surface area contributed by atoms with Crippen LogP contribution in [-0.2, 0) is 6.18 Å². The van der Waals surface area contributed by atoms with Gasteiger partial charge in [0, 0.05) is 12.4 Å². The maximum Gasteiger partial charge on any atom is 0.435 e. The average Bonchev–Trinajstić information content (AvgIpc) is 2.76. The second-order valence-electron chi connectivity index (χ2n) is 3.62. The van der Waals surface area contributed by atoms with E-state index in [4.69, 9.17) is 5.11 Å². The number of carboxylic acid groups (broad SMARTS) is 1. The van der Waals surface area contributed by atoms with Crippen molar-refractivity contribution in [1.29, 1.82) is 0 Å². The molecule has 2 rings (SSSR count). The highest BCUT2D eigenvalue weighted by molar-refractivity contribution is 5.88. The summed E-state index contributed by atoms with van der Waals surface area (Å²) in [6, 6.07) is 0.782. The Morgan fingerprint density at radius 2 is 2.11 bits per heavy atom. The van der Waals surface area contributed by atoms with Crippen LogP contribution >= 0.6 is 0 Å². The molecular weight excluding hydrogens is 265 g/mol. The molecule has 0 atom stereocenters. The summed E-state index contributed by atoms with van der Waals surface area (Å²) in [7, 11) is 0. The Morgan fingerprint density at radius 1 is 1.42 bits per heavy atom. The van der Waals surface area contributed by atoms with Gasteiger partial charge in [-0.2, -0.15) is 18.3 Å². The van der Waals surface area contributed by atoms with Crippen LogP contribution in [0.5, 0.6) is 0 Å². The number of alkyl halides is 3. The van der Waals surface area contributed by atoms with E-state index in [1.165, 1.54) is 6.92 Å². The lowest BCUT2D eigenvalue weighted by atomic mass is 10.2. The van der Waals surface area contributed by atoms with Crippen LogP contribution < -0.4 is 0 Å². The van der Waals surface area contributed by atoms with Gasteiger partial charge < -0.3 is 5.11 Å². The molecular formula is C10H7F3N4O2. The van der Waals surface area contributed by atoms with Crippen molar-refractivity contribution in [2.75, 3.05) is 0 Å². The third-order valence-corrected chi connectivity index (χ3v) is 2.28. The molecule has 0 saturated heterocycles. The first-order valence-electron chi connectivity index (χ1n) is 4.99. The summed E-state index contributed by atoms with van der Waals surface area (Å²) >= 11 is 0. The van der Waals surface area contributed by atoms with Gasteiger partial charge in [-0.15, -0.1) is 0 Å². The van der Waals surface area contributed by atoms with Gasteiger partial charge in [0.15, 0.2) is 5.69 Å². The van der Waals surface area contributed by atoms with E-state index >= 15 is 0 Å². The number of carboxylic acids is 1. The van der Waals surface area contributed by atoms with Crippen LogP contribution in [0.4, 0.5) is 13.2 Å². The third kappa shape index (κ3) is 2.54. The van der Waals surface area contributed by atoms with Crippen molar-refractivity contribution in [1.82, 2.24) is 19.7 Å². The summed E-state index contributed by atoms with van der Waals surface area (Å²) in [5.74, 6) is -1.33. The quantitative estimate of drug-likeness (QED) is 0.899. The Kier molecular flexibility index (Phi) is 2.97. The fourth-order valence-electron chi connectivity index (χ4n) is 1.36. The molecule has 0 fully saturated rings. The molecule has 2 aromatic rings. The zero-order valence-electron chi connectivity index (χ0n) is 9.51. The third-order valence-electron chi connectivity index (χ3n) is 2.28. The minimum atomic E-state index is -4.55. The Bertz CT molecular complexity index is 636. The Morgan fingerprint density at radius 3 is 2.58 bits per heavy atom. The summed E-state index contributed by atoms with van der Waals surface area (Å²) in [6.45, 7) is 1.42. The molecule has 0 saturated carbocycles. The van der Waals surface area contributed by atoms with Gasteiger partial charge in [-0.05, 0) is 13.0 Å². The first-order valence-corrected chi connectivity index (χ1v) is 4.99. The summed E-state index contributed by atoms with van der Waals surface area (Å²) in [5, 5.41) is 12.1. The molecule has 0 bridgehead atoms. The minimum absolute atomic E-state index is 0.119. The lowest BCUT2D eigenvalue weighted by Crippen LogP contribution is -2.11. The number of aromatic nitrogens is 4. The second kappa shape index (κ2) is 4.34. The lowest BCUT2D eigenvalue weighted by molar-refractivity contribution is -0.141. The molecule has 0 unspecified atom stereocenters. The fraction of sp³-hybridized carbons (Fsp3) is 0.200. The molecule has 0 aliphatic carbocycles. The molecule has 2 heterocycles. The highest BCUT2D eigenvalue weighted by Crippen LogP contribution is 2.27. The van der Waals surface area contributed by atoms with Crippen LogP contribution in [0.2, 0.25) is 0 Å². The monoisotopic (exact) mass is 272 g/mol. The number of aryl methyl sites for hydroxylation is 1. The Hall–Kier alpha value is -2.45. The standard InChI is InChI=1S/C10H7F3N4O2/c1-5-6(8(18)19)4-14-9(15-5)17-3-2-7(16-17)10(11,12)13/h2-4H,1H3,(H,18,19). The van der Waals surface area contributed by atoms with E-state index in [2.05, 4.69) is 15.1 Å². The largest absolute Gasteiger partial charge is 0.478 e. The maximum atomic E-state index is 12.4. The van der Waals surface area contributed by atoms with Gasteiger partial charge in [-0.3, -0.25) is 0 Å². The zero-order valence-corrected chi connectivity index (χ0v) is 9.51. The smallest absolute Gasteiger partial charge is 0.435 e. The van der Waals surface area contributed by atoms with E-state index in [9.17, 15) is 18.0 Å². The molecule has 0 aliphatic heterocycles. The van der Waals surface area contributed by atoms with Gasteiger partial charge in [0.2, 0.25) is 0 Å². The van der Waals surface area contributed by atoms with Crippen molar-refractivity contribution in [3.05, 3.63) is 35.4 Å². The van der Waals surface area contributed by atoms with Crippen molar-refractivity contribution in [2.24, 2.45) is 0 Å².